The molecule has 0 aliphatic carbocycles. The van der Waals surface area contributed by atoms with Crippen molar-refractivity contribution in [2.24, 2.45) is 0 Å². The maximum atomic E-state index is 13.0. The highest BCUT2D eigenvalue weighted by atomic mass is 35.5. The molecule has 0 N–H and O–H groups in total. The van der Waals surface area contributed by atoms with Crippen molar-refractivity contribution < 1.29 is 0 Å². The van der Waals surface area contributed by atoms with Crippen LogP contribution in [0.3, 0.4) is 0 Å². The summed E-state index contributed by atoms with van der Waals surface area (Å²) in [4.78, 5) is 17.5. The fourth-order valence-electron chi connectivity index (χ4n) is 3.55. The second kappa shape index (κ2) is 7.35. The lowest BCUT2D eigenvalue weighted by molar-refractivity contribution is 0.736. The van der Waals surface area contributed by atoms with E-state index in [0.29, 0.717) is 22.9 Å². The Balaban J connectivity index is 1.68. The Bertz CT molecular complexity index is 1420. The van der Waals surface area contributed by atoms with E-state index in [1.807, 2.05) is 49.4 Å². The van der Waals surface area contributed by atoms with E-state index in [1.54, 1.807) is 16.6 Å². The van der Waals surface area contributed by atoms with Crippen molar-refractivity contribution in [3.63, 3.8) is 0 Å². The Morgan fingerprint density at radius 2 is 1.73 bits per heavy atom. The second-order valence-electron chi connectivity index (χ2n) is 6.95. The molecule has 3 heterocycles. The van der Waals surface area contributed by atoms with E-state index < -0.39 is 0 Å². The number of aromatic nitrogens is 6. The van der Waals surface area contributed by atoms with Crippen LogP contribution in [0.4, 0.5) is 0 Å². The minimum Gasteiger partial charge on any atom is -0.293 e. The van der Waals surface area contributed by atoms with Crippen LogP contribution in [0.15, 0.2) is 65.7 Å². The first-order valence-electron chi connectivity index (χ1n) is 9.59. The van der Waals surface area contributed by atoms with Crippen LogP contribution in [0.25, 0.3) is 27.9 Å². The van der Waals surface area contributed by atoms with Crippen molar-refractivity contribution in [3.05, 3.63) is 87.6 Å². The van der Waals surface area contributed by atoms with Crippen molar-refractivity contribution in [3.8, 4) is 11.1 Å². The summed E-state index contributed by atoms with van der Waals surface area (Å²) in [6, 6.07) is 17.3. The highest BCUT2D eigenvalue weighted by Crippen LogP contribution is 2.28. The molecule has 0 saturated heterocycles. The van der Waals surface area contributed by atoms with Gasteiger partial charge in [-0.25, -0.2) is 4.98 Å². The van der Waals surface area contributed by atoms with Gasteiger partial charge in [-0.05, 0) is 29.7 Å². The van der Waals surface area contributed by atoms with Gasteiger partial charge in [0.2, 0.25) is 0 Å². The molecule has 5 aromatic rings. The average Bonchev–Trinajstić information content (AvgIpc) is 3.17. The number of halogens is 1. The molecule has 0 unspecified atom stereocenters. The molecule has 0 aliphatic rings. The van der Waals surface area contributed by atoms with Crippen LogP contribution in [0, 0.1) is 0 Å². The van der Waals surface area contributed by atoms with Crippen molar-refractivity contribution >= 4 is 28.4 Å². The Morgan fingerprint density at radius 1 is 0.967 bits per heavy atom. The van der Waals surface area contributed by atoms with Crippen LogP contribution in [0.2, 0.25) is 5.02 Å². The van der Waals surface area contributed by atoms with Gasteiger partial charge in [0, 0.05) is 5.02 Å². The first-order chi connectivity index (χ1) is 14.7. The zero-order valence-corrected chi connectivity index (χ0v) is 16.9. The quantitative estimate of drug-likeness (QED) is 0.445. The number of aryl methyl sites for hydroxylation is 1. The Labute approximate surface area is 176 Å². The Hall–Kier alpha value is -3.58. The fraction of sp³-hybridized carbons (Fsp3) is 0.136. The van der Waals surface area contributed by atoms with Gasteiger partial charge in [0.25, 0.3) is 5.56 Å². The van der Waals surface area contributed by atoms with E-state index in [1.165, 1.54) is 10.9 Å². The fourth-order valence-corrected chi connectivity index (χ4v) is 3.68. The third kappa shape index (κ3) is 3.04. The smallest absolute Gasteiger partial charge is 0.283 e. The second-order valence-corrected chi connectivity index (χ2v) is 7.39. The van der Waals surface area contributed by atoms with Crippen molar-refractivity contribution in [1.29, 1.82) is 0 Å². The molecule has 30 heavy (non-hydrogen) atoms. The van der Waals surface area contributed by atoms with E-state index in [9.17, 15) is 4.79 Å². The summed E-state index contributed by atoms with van der Waals surface area (Å²) in [5.74, 6) is 0. The SMILES string of the molecule is CCc1nn2c(nnc3c(=O)n(Cc4ccc(Cl)cc4)cnc32)c1-c1ccccc1. The Kier molecular flexibility index (Phi) is 4.52. The Morgan fingerprint density at radius 3 is 2.47 bits per heavy atom. The standard InChI is InChI=1S/C22H17ClN6O/c1-2-17-18(15-6-4-3-5-7-15)20-26-25-19-21(29(20)27-17)24-13-28(22(19)30)12-14-8-10-16(23)11-9-14/h3-11,13H,2,12H2,1H3. The minimum atomic E-state index is -0.265. The lowest BCUT2D eigenvalue weighted by Gasteiger charge is -2.07. The van der Waals surface area contributed by atoms with E-state index in [4.69, 9.17) is 11.6 Å². The third-order valence-electron chi connectivity index (χ3n) is 5.04. The van der Waals surface area contributed by atoms with Gasteiger partial charge in [-0.15, -0.1) is 10.2 Å². The van der Waals surface area contributed by atoms with Gasteiger partial charge in [0.1, 0.15) is 6.33 Å². The van der Waals surface area contributed by atoms with Crippen LogP contribution in [-0.4, -0.2) is 29.4 Å². The molecular weight excluding hydrogens is 400 g/mol. The first kappa shape index (κ1) is 18.4. The number of nitrogens with zero attached hydrogens (tertiary/aromatic N) is 6. The predicted molar refractivity (Wildman–Crippen MR) is 116 cm³/mol. The molecule has 2 aromatic carbocycles. The number of hydrogen-bond donors (Lipinski definition) is 0. The molecule has 0 radical (unpaired) electrons. The van der Waals surface area contributed by atoms with E-state index in [2.05, 4.69) is 20.3 Å². The third-order valence-corrected chi connectivity index (χ3v) is 5.29. The normalized spacial score (nSPS) is 11.4. The van der Waals surface area contributed by atoms with Crippen molar-refractivity contribution in [2.75, 3.05) is 0 Å². The van der Waals surface area contributed by atoms with Crippen molar-refractivity contribution in [2.45, 2.75) is 19.9 Å². The van der Waals surface area contributed by atoms with Crippen LogP contribution in [0.5, 0.6) is 0 Å². The maximum absolute atomic E-state index is 13.0. The lowest BCUT2D eigenvalue weighted by atomic mass is 10.0. The van der Waals surface area contributed by atoms with Gasteiger partial charge in [-0.2, -0.15) is 9.61 Å². The number of rotatable bonds is 4. The molecule has 0 spiro atoms. The summed E-state index contributed by atoms with van der Waals surface area (Å²) in [5.41, 5.74) is 4.66. The molecule has 8 heteroatoms. The summed E-state index contributed by atoms with van der Waals surface area (Å²) in [7, 11) is 0. The van der Waals surface area contributed by atoms with Crippen LogP contribution < -0.4 is 5.56 Å². The number of fused-ring (bicyclic) bond motifs is 3. The first-order valence-corrected chi connectivity index (χ1v) is 9.97. The molecular formula is C22H17ClN6O. The largest absolute Gasteiger partial charge is 0.293 e. The van der Waals surface area contributed by atoms with Crippen molar-refractivity contribution in [1.82, 2.24) is 29.4 Å². The molecule has 5 rings (SSSR count). The highest BCUT2D eigenvalue weighted by molar-refractivity contribution is 6.30. The molecule has 0 amide bonds. The summed E-state index contributed by atoms with van der Waals surface area (Å²) in [6.45, 7) is 2.41. The molecule has 0 fully saturated rings. The van der Waals surface area contributed by atoms with Gasteiger partial charge >= 0.3 is 0 Å². The van der Waals surface area contributed by atoms with Gasteiger partial charge in [-0.1, -0.05) is 61.0 Å². The van der Waals surface area contributed by atoms with Gasteiger partial charge in [-0.3, -0.25) is 9.36 Å². The maximum Gasteiger partial charge on any atom is 0.283 e. The lowest BCUT2D eigenvalue weighted by Crippen LogP contribution is -2.23. The van der Waals surface area contributed by atoms with Gasteiger partial charge < -0.3 is 0 Å². The number of benzene rings is 2. The molecule has 0 saturated carbocycles. The summed E-state index contributed by atoms with van der Waals surface area (Å²) in [6.07, 6.45) is 2.25. The molecule has 0 bridgehead atoms. The van der Waals surface area contributed by atoms with E-state index in [-0.39, 0.29) is 11.1 Å². The molecule has 0 aliphatic heterocycles. The average molecular weight is 417 g/mol. The molecule has 3 aromatic heterocycles. The summed E-state index contributed by atoms with van der Waals surface area (Å²) in [5, 5.41) is 13.9. The minimum absolute atomic E-state index is 0.184. The molecule has 148 valence electrons. The summed E-state index contributed by atoms with van der Waals surface area (Å²) < 4.78 is 3.13. The number of hydrogen-bond acceptors (Lipinski definition) is 5. The van der Waals surface area contributed by atoms with Gasteiger partial charge in [0.05, 0.1) is 17.8 Å². The zero-order chi connectivity index (χ0) is 20.7. The highest BCUT2D eigenvalue weighted by Gasteiger charge is 2.19. The van der Waals surface area contributed by atoms with Crippen LogP contribution in [-0.2, 0) is 13.0 Å². The summed E-state index contributed by atoms with van der Waals surface area (Å²) >= 11 is 5.94. The zero-order valence-electron chi connectivity index (χ0n) is 16.2. The molecule has 7 nitrogen and oxygen atoms in total. The monoisotopic (exact) mass is 416 g/mol. The van der Waals surface area contributed by atoms with Gasteiger partial charge in [0.15, 0.2) is 16.8 Å². The predicted octanol–water partition coefficient (Wildman–Crippen LogP) is 3.77. The topological polar surface area (TPSA) is 78.0 Å². The molecule has 0 atom stereocenters. The van der Waals surface area contributed by atoms with E-state index >= 15 is 0 Å². The van der Waals surface area contributed by atoms with E-state index in [0.717, 1.165) is 28.8 Å². The van der Waals surface area contributed by atoms with Crippen LogP contribution in [0.1, 0.15) is 18.2 Å². The van der Waals surface area contributed by atoms with Crippen LogP contribution >= 0.6 is 11.6 Å².